The highest BCUT2D eigenvalue weighted by atomic mass is 35.5. The highest BCUT2D eigenvalue weighted by Gasteiger charge is 2.14. The fourth-order valence-corrected chi connectivity index (χ4v) is 2.40. The highest BCUT2D eigenvalue weighted by molar-refractivity contribution is 6.39. The smallest absolute Gasteiger partial charge is 0.254 e. The molecule has 0 bridgehead atoms. The molecule has 3 nitrogen and oxygen atoms in total. The SMILES string of the molecule is COc1ccccc1CNC(=O)c1c(Cl)cccc1Cl. The van der Waals surface area contributed by atoms with Gasteiger partial charge in [0.2, 0.25) is 0 Å². The number of nitrogens with one attached hydrogen (secondary N) is 1. The molecule has 0 aliphatic carbocycles. The number of rotatable bonds is 4. The Labute approximate surface area is 127 Å². The van der Waals surface area contributed by atoms with Crippen LogP contribution in [0.3, 0.4) is 0 Å². The third kappa shape index (κ3) is 3.24. The van der Waals surface area contributed by atoms with Gasteiger partial charge < -0.3 is 10.1 Å². The molecule has 0 aliphatic rings. The quantitative estimate of drug-likeness (QED) is 0.929. The molecule has 104 valence electrons. The Kier molecular flexibility index (Phi) is 4.88. The molecule has 0 radical (unpaired) electrons. The van der Waals surface area contributed by atoms with Crippen LogP contribution in [0.5, 0.6) is 5.75 Å². The molecule has 2 aromatic rings. The first-order valence-electron chi connectivity index (χ1n) is 5.97. The Bertz CT molecular complexity index is 609. The Morgan fingerprint density at radius 3 is 2.40 bits per heavy atom. The molecule has 0 atom stereocenters. The van der Waals surface area contributed by atoms with Crippen molar-refractivity contribution in [1.82, 2.24) is 5.32 Å². The van der Waals surface area contributed by atoms with E-state index in [0.717, 1.165) is 11.3 Å². The van der Waals surface area contributed by atoms with Gasteiger partial charge in [-0.25, -0.2) is 0 Å². The van der Waals surface area contributed by atoms with Crippen LogP contribution < -0.4 is 10.1 Å². The van der Waals surface area contributed by atoms with E-state index in [1.54, 1.807) is 25.3 Å². The number of carbonyl (C=O) groups excluding carboxylic acids is 1. The summed E-state index contributed by atoms with van der Waals surface area (Å²) in [5.41, 5.74) is 1.16. The number of para-hydroxylation sites is 1. The van der Waals surface area contributed by atoms with E-state index in [4.69, 9.17) is 27.9 Å². The second-order valence-corrected chi connectivity index (χ2v) is 4.91. The molecule has 2 aromatic carbocycles. The van der Waals surface area contributed by atoms with Crippen molar-refractivity contribution in [2.75, 3.05) is 7.11 Å². The van der Waals surface area contributed by atoms with Gasteiger partial charge in [-0.15, -0.1) is 0 Å². The Morgan fingerprint density at radius 2 is 1.75 bits per heavy atom. The Hall–Kier alpha value is -1.71. The van der Waals surface area contributed by atoms with E-state index >= 15 is 0 Å². The second-order valence-electron chi connectivity index (χ2n) is 4.09. The molecule has 0 aliphatic heterocycles. The van der Waals surface area contributed by atoms with E-state index < -0.39 is 0 Å². The molecule has 2 rings (SSSR count). The van der Waals surface area contributed by atoms with Gasteiger partial charge in [-0.1, -0.05) is 47.5 Å². The van der Waals surface area contributed by atoms with Crippen LogP contribution in [-0.4, -0.2) is 13.0 Å². The lowest BCUT2D eigenvalue weighted by Gasteiger charge is -2.11. The van der Waals surface area contributed by atoms with Crippen LogP contribution in [0.1, 0.15) is 15.9 Å². The molecule has 0 unspecified atom stereocenters. The normalized spacial score (nSPS) is 10.2. The van der Waals surface area contributed by atoms with Gasteiger partial charge in [0.25, 0.3) is 5.91 Å². The maximum Gasteiger partial charge on any atom is 0.254 e. The molecule has 0 saturated heterocycles. The number of hydrogen-bond donors (Lipinski definition) is 1. The molecular weight excluding hydrogens is 297 g/mol. The number of amides is 1. The number of benzene rings is 2. The molecule has 0 saturated carbocycles. The number of carbonyl (C=O) groups is 1. The average molecular weight is 310 g/mol. The summed E-state index contributed by atoms with van der Waals surface area (Å²) in [4.78, 5) is 12.1. The van der Waals surface area contributed by atoms with Gasteiger partial charge in [0.1, 0.15) is 5.75 Å². The summed E-state index contributed by atoms with van der Waals surface area (Å²) < 4.78 is 5.23. The molecule has 0 heterocycles. The number of halogens is 2. The van der Waals surface area contributed by atoms with Crippen LogP contribution in [0.25, 0.3) is 0 Å². The molecular formula is C15H13Cl2NO2. The zero-order valence-electron chi connectivity index (χ0n) is 10.8. The minimum Gasteiger partial charge on any atom is -0.496 e. The predicted molar refractivity (Wildman–Crippen MR) is 80.6 cm³/mol. The number of ether oxygens (including phenoxy) is 1. The average Bonchev–Trinajstić information content (AvgIpc) is 2.45. The Balaban J connectivity index is 2.13. The minimum absolute atomic E-state index is 0.283. The maximum atomic E-state index is 12.1. The van der Waals surface area contributed by atoms with Crippen molar-refractivity contribution in [2.45, 2.75) is 6.54 Å². The van der Waals surface area contributed by atoms with Crippen molar-refractivity contribution in [2.24, 2.45) is 0 Å². The second kappa shape index (κ2) is 6.64. The first kappa shape index (κ1) is 14.7. The number of hydrogen-bond acceptors (Lipinski definition) is 2. The summed E-state index contributed by atoms with van der Waals surface area (Å²) in [5, 5.41) is 3.44. The first-order chi connectivity index (χ1) is 9.63. The largest absolute Gasteiger partial charge is 0.496 e. The van der Waals surface area contributed by atoms with Crippen LogP contribution in [0, 0.1) is 0 Å². The predicted octanol–water partition coefficient (Wildman–Crippen LogP) is 3.93. The maximum absolute atomic E-state index is 12.1. The first-order valence-corrected chi connectivity index (χ1v) is 6.73. The monoisotopic (exact) mass is 309 g/mol. The van der Waals surface area contributed by atoms with Crippen molar-refractivity contribution >= 4 is 29.1 Å². The lowest BCUT2D eigenvalue weighted by molar-refractivity contribution is 0.0951. The third-order valence-electron chi connectivity index (χ3n) is 2.82. The van der Waals surface area contributed by atoms with Crippen LogP contribution in [0.2, 0.25) is 10.0 Å². The van der Waals surface area contributed by atoms with Crippen molar-refractivity contribution in [3.63, 3.8) is 0 Å². The summed E-state index contributed by atoms with van der Waals surface area (Å²) in [6.07, 6.45) is 0. The summed E-state index contributed by atoms with van der Waals surface area (Å²) >= 11 is 12.0. The van der Waals surface area contributed by atoms with E-state index in [2.05, 4.69) is 5.32 Å². The minimum atomic E-state index is -0.313. The van der Waals surface area contributed by atoms with Gasteiger partial charge >= 0.3 is 0 Å². The van der Waals surface area contributed by atoms with E-state index in [9.17, 15) is 4.79 Å². The Morgan fingerprint density at radius 1 is 1.10 bits per heavy atom. The van der Waals surface area contributed by atoms with Gasteiger partial charge in [0.05, 0.1) is 22.7 Å². The van der Waals surface area contributed by atoms with E-state index in [-0.39, 0.29) is 11.5 Å². The number of methoxy groups -OCH3 is 1. The third-order valence-corrected chi connectivity index (χ3v) is 3.45. The van der Waals surface area contributed by atoms with Crippen LogP contribution in [0.15, 0.2) is 42.5 Å². The van der Waals surface area contributed by atoms with Crippen LogP contribution in [0.4, 0.5) is 0 Å². The summed E-state index contributed by atoms with van der Waals surface area (Å²) in [5.74, 6) is 0.407. The summed E-state index contributed by atoms with van der Waals surface area (Å²) in [7, 11) is 1.59. The summed E-state index contributed by atoms with van der Waals surface area (Å²) in [6, 6.07) is 12.4. The van der Waals surface area contributed by atoms with Crippen molar-refractivity contribution < 1.29 is 9.53 Å². The summed E-state index contributed by atoms with van der Waals surface area (Å²) in [6.45, 7) is 0.338. The van der Waals surface area contributed by atoms with E-state index in [0.29, 0.717) is 16.6 Å². The van der Waals surface area contributed by atoms with Crippen LogP contribution >= 0.6 is 23.2 Å². The van der Waals surface area contributed by atoms with Crippen molar-refractivity contribution in [3.8, 4) is 5.75 Å². The topological polar surface area (TPSA) is 38.3 Å². The fourth-order valence-electron chi connectivity index (χ4n) is 1.83. The molecule has 1 N–H and O–H groups in total. The molecule has 20 heavy (non-hydrogen) atoms. The lowest BCUT2D eigenvalue weighted by Crippen LogP contribution is -2.23. The molecule has 0 fully saturated rings. The lowest BCUT2D eigenvalue weighted by atomic mass is 10.1. The van der Waals surface area contributed by atoms with E-state index in [1.807, 2.05) is 24.3 Å². The highest BCUT2D eigenvalue weighted by Crippen LogP contribution is 2.24. The van der Waals surface area contributed by atoms with E-state index in [1.165, 1.54) is 0 Å². The van der Waals surface area contributed by atoms with Gasteiger partial charge in [-0.2, -0.15) is 0 Å². The van der Waals surface area contributed by atoms with Gasteiger partial charge in [-0.05, 0) is 18.2 Å². The van der Waals surface area contributed by atoms with Crippen molar-refractivity contribution in [1.29, 1.82) is 0 Å². The zero-order chi connectivity index (χ0) is 14.5. The molecule has 0 aromatic heterocycles. The molecule has 1 amide bonds. The molecule has 5 heteroatoms. The fraction of sp³-hybridized carbons (Fsp3) is 0.133. The van der Waals surface area contributed by atoms with Gasteiger partial charge in [-0.3, -0.25) is 4.79 Å². The zero-order valence-corrected chi connectivity index (χ0v) is 12.3. The molecule has 0 spiro atoms. The van der Waals surface area contributed by atoms with Gasteiger partial charge in [0.15, 0.2) is 0 Å². The van der Waals surface area contributed by atoms with Gasteiger partial charge in [0, 0.05) is 12.1 Å². The standard InChI is InChI=1S/C15H13Cl2NO2/c1-20-13-8-3-2-5-10(13)9-18-15(19)14-11(16)6-4-7-12(14)17/h2-8H,9H2,1H3,(H,18,19). The van der Waals surface area contributed by atoms with Crippen molar-refractivity contribution in [3.05, 3.63) is 63.6 Å². The van der Waals surface area contributed by atoms with Crippen LogP contribution in [-0.2, 0) is 6.54 Å².